The molecule has 0 bridgehead atoms. The first-order valence-electron chi connectivity index (χ1n) is 4.56. The van der Waals surface area contributed by atoms with E-state index in [1.807, 2.05) is 0 Å². The number of carbonyl (C=O) groups is 1. The molecule has 7 heteroatoms. The molecule has 0 atom stereocenters. The molecule has 88 valence electrons. The van der Waals surface area contributed by atoms with Gasteiger partial charge in [-0.25, -0.2) is 4.39 Å². The molecule has 0 aliphatic rings. The first kappa shape index (κ1) is 11.7. The number of halogens is 2. The second-order valence-electron chi connectivity index (χ2n) is 3.21. The molecule has 2 aromatic rings. The van der Waals surface area contributed by atoms with E-state index >= 15 is 0 Å². The number of nitrogens with zero attached hydrogens (tertiary/aromatic N) is 2. The summed E-state index contributed by atoms with van der Waals surface area (Å²) in [5, 5.41) is 12.1. The Labute approximate surface area is 103 Å². The minimum absolute atomic E-state index is 0.0244. The van der Waals surface area contributed by atoms with Crippen LogP contribution in [0.5, 0.6) is 0 Å². The van der Waals surface area contributed by atoms with E-state index in [2.05, 4.69) is 26.1 Å². The van der Waals surface area contributed by atoms with Crippen molar-refractivity contribution in [1.82, 2.24) is 10.1 Å². The number of carboxylic acid groups (broad SMARTS) is 1. The van der Waals surface area contributed by atoms with Crippen LogP contribution < -0.4 is 0 Å². The van der Waals surface area contributed by atoms with E-state index in [0.717, 1.165) is 0 Å². The minimum atomic E-state index is -1.07. The summed E-state index contributed by atoms with van der Waals surface area (Å²) >= 11 is 3.22. The molecule has 1 aromatic heterocycles. The van der Waals surface area contributed by atoms with Crippen LogP contribution in [0.15, 0.2) is 27.2 Å². The molecule has 1 N–H and O–H groups in total. The van der Waals surface area contributed by atoms with Gasteiger partial charge in [0.15, 0.2) is 0 Å². The van der Waals surface area contributed by atoms with Gasteiger partial charge < -0.3 is 9.63 Å². The van der Waals surface area contributed by atoms with Gasteiger partial charge in [-0.1, -0.05) is 21.1 Å². The van der Waals surface area contributed by atoms with Crippen LogP contribution in [0.2, 0.25) is 0 Å². The van der Waals surface area contributed by atoms with E-state index in [-0.39, 0.29) is 18.1 Å². The van der Waals surface area contributed by atoms with Crippen molar-refractivity contribution >= 4 is 21.9 Å². The quantitative estimate of drug-likeness (QED) is 0.941. The summed E-state index contributed by atoms with van der Waals surface area (Å²) < 4.78 is 18.4. The Bertz CT molecular complexity index is 570. The van der Waals surface area contributed by atoms with Crippen LogP contribution in [0, 0.1) is 5.82 Å². The van der Waals surface area contributed by atoms with Crippen molar-refractivity contribution in [3.63, 3.8) is 0 Å². The molecule has 17 heavy (non-hydrogen) atoms. The summed E-state index contributed by atoms with van der Waals surface area (Å²) in [6, 6.07) is 4.03. The van der Waals surface area contributed by atoms with Crippen LogP contribution in [-0.4, -0.2) is 21.2 Å². The number of carboxylic acids is 1. The van der Waals surface area contributed by atoms with Crippen LogP contribution >= 0.6 is 15.9 Å². The molecule has 0 aliphatic heterocycles. The summed E-state index contributed by atoms with van der Waals surface area (Å²) in [5.41, 5.74) is 0.408. The van der Waals surface area contributed by atoms with E-state index in [1.54, 1.807) is 0 Å². The maximum absolute atomic E-state index is 13.0. The van der Waals surface area contributed by atoms with Gasteiger partial charge in [0.1, 0.15) is 12.2 Å². The Balaban J connectivity index is 2.36. The molecule has 0 saturated carbocycles. The van der Waals surface area contributed by atoms with E-state index in [1.165, 1.54) is 18.2 Å². The van der Waals surface area contributed by atoms with Gasteiger partial charge in [0.2, 0.25) is 11.7 Å². The lowest BCUT2D eigenvalue weighted by Gasteiger charge is -1.98. The fourth-order valence-corrected chi connectivity index (χ4v) is 1.66. The smallest absolute Gasteiger partial charge is 0.312 e. The maximum atomic E-state index is 13.0. The van der Waals surface area contributed by atoms with Gasteiger partial charge in [-0.3, -0.25) is 4.79 Å². The number of hydrogen-bond donors (Lipinski definition) is 1. The Hall–Kier alpha value is -1.76. The molecular weight excluding hydrogens is 295 g/mol. The number of aromatic nitrogens is 2. The molecule has 0 unspecified atom stereocenters. The normalized spacial score (nSPS) is 10.5. The number of aliphatic carboxylic acids is 1. The second-order valence-corrected chi connectivity index (χ2v) is 4.06. The third-order valence-electron chi connectivity index (χ3n) is 1.94. The Morgan fingerprint density at radius 2 is 2.29 bits per heavy atom. The average Bonchev–Trinajstić information content (AvgIpc) is 2.69. The summed E-state index contributed by atoms with van der Waals surface area (Å²) in [6.07, 6.45) is -0.361. The fourth-order valence-electron chi connectivity index (χ4n) is 1.23. The lowest BCUT2D eigenvalue weighted by Crippen LogP contribution is -1.99. The highest BCUT2D eigenvalue weighted by atomic mass is 79.9. The van der Waals surface area contributed by atoms with E-state index in [4.69, 9.17) is 9.63 Å². The number of benzene rings is 1. The van der Waals surface area contributed by atoms with Crippen molar-refractivity contribution < 1.29 is 18.8 Å². The van der Waals surface area contributed by atoms with Gasteiger partial charge in [0.25, 0.3) is 0 Å². The Kier molecular flexibility index (Phi) is 3.19. The molecule has 1 heterocycles. The second kappa shape index (κ2) is 4.62. The molecule has 0 aliphatic carbocycles. The molecule has 2 rings (SSSR count). The largest absolute Gasteiger partial charge is 0.481 e. The highest BCUT2D eigenvalue weighted by Gasteiger charge is 2.14. The lowest BCUT2D eigenvalue weighted by atomic mass is 10.2. The zero-order valence-corrected chi connectivity index (χ0v) is 9.94. The van der Waals surface area contributed by atoms with Crippen molar-refractivity contribution in [2.24, 2.45) is 0 Å². The van der Waals surface area contributed by atoms with Crippen molar-refractivity contribution in [3.8, 4) is 11.4 Å². The summed E-state index contributed by atoms with van der Waals surface area (Å²) in [6.45, 7) is 0. The molecule has 5 nitrogen and oxygen atoms in total. The van der Waals surface area contributed by atoms with Crippen LogP contribution in [0.25, 0.3) is 11.4 Å². The molecule has 0 amide bonds. The number of hydrogen-bond acceptors (Lipinski definition) is 4. The molecule has 0 spiro atoms. The van der Waals surface area contributed by atoms with Gasteiger partial charge >= 0.3 is 5.97 Å². The standard InChI is InChI=1S/C10H6BrFN2O3/c11-7-2-1-5(12)3-6(7)10-13-8(17-14-10)4-9(15)16/h1-3H,4H2,(H,15,16). The first-order valence-corrected chi connectivity index (χ1v) is 5.35. The first-order chi connectivity index (χ1) is 8.06. The minimum Gasteiger partial charge on any atom is -0.481 e. The van der Waals surface area contributed by atoms with E-state index in [0.29, 0.717) is 10.0 Å². The third kappa shape index (κ3) is 2.68. The highest BCUT2D eigenvalue weighted by Crippen LogP contribution is 2.26. The average molecular weight is 301 g/mol. The molecular formula is C10H6BrFN2O3. The zero-order valence-electron chi connectivity index (χ0n) is 8.35. The van der Waals surface area contributed by atoms with Crippen LogP contribution in [0.4, 0.5) is 4.39 Å². The zero-order chi connectivity index (χ0) is 12.4. The van der Waals surface area contributed by atoms with Crippen LogP contribution in [0.1, 0.15) is 5.89 Å². The van der Waals surface area contributed by atoms with Gasteiger partial charge in [0.05, 0.1) is 0 Å². The maximum Gasteiger partial charge on any atom is 0.312 e. The molecule has 0 fully saturated rings. The van der Waals surface area contributed by atoms with Crippen LogP contribution in [-0.2, 0) is 11.2 Å². The molecule has 1 aromatic carbocycles. The monoisotopic (exact) mass is 300 g/mol. The predicted molar refractivity (Wildman–Crippen MR) is 58.7 cm³/mol. The van der Waals surface area contributed by atoms with Crippen molar-refractivity contribution in [3.05, 3.63) is 34.4 Å². The Morgan fingerprint density at radius 3 is 3.00 bits per heavy atom. The summed E-state index contributed by atoms with van der Waals surface area (Å²) in [4.78, 5) is 14.3. The van der Waals surface area contributed by atoms with Crippen molar-refractivity contribution in [2.45, 2.75) is 6.42 Å². The van der Waals surface area contributed by atoms with Gasteiger partial charge in [-0.15, -0.1) is 0 Å². The van der Waals surface area contributed by atoms with Gasteiger partial charge in [-0.05, 0) is 18.2 Å². The fraction of sp³-hybridized carbons (Fsp3) is 0.100. The predicted octanol–water partition coefficient (Wildman–Crippen LogP) is 2.27. The van der Waals surface area contributed by atoms with Crippen LogP contribution in [0.3, 0.4) is 0 Å². The van der Waals surface area contributed by atoms with Crippen molar-refractivity contribution in [1.29, 1.82) is 0 Å². The third-order valence-corrected chi connectivity index (χ3v) is 2.63. The van der Waals surface area contributed by atoms with Gasteiger partial charge in [-0.2, -0.15) is 4.98 Å². The summed E-state index contributed by atoms with van der Waals surface area (Å²) in [7, 11) is 0. The van der Waals surface area contributed by atoms with E-state index < -0.39 is 11.8 Å². The van der Waals surface area contributed by atoms with E-state index in [9.17, 15) is 9.18 Å². The van der Waals surface area contributed by atoms with Gasteiger partial charge in [0, 0.05) is 10.0 Å². The number of rotatable bonds is 3. The molecule has 0 saturated heterocycles. The Morgan fingerprint density at radius 1 is 1.53 bits per heavy atom. The topological polar surface area (TPSA) is 76.2 Å². The molecule has 0 radical (unpaired) electrons. The highest BCUT2D eigenvalue weighted by molar-refractivity contribution is 9.10. The summed E-state index contributed by atoms with van der Waals surface area (Å²) in [5.74, 6) is -1.39. The lowest BCUT2D eigenvalue weighted by molar-refractivity contribution is -0.136. The SMILES string of the molecule is O=C(O)Cc1nc(-c2cc(F)ccc2Br)no1. The van der Waals surface area contributed by atoms with Crippen molar-refractivity contribution in [2.75, 3.05) is 0 Å².